The number of carbonyl (C=O) groups is 1. The summed E-state index contributed by atoms with van der Waals surface area (Å²) in [4.78, 5) is 15.6. The minimum atomic E-state index is 0. The SMILES string of the molecule is Cl.O=C(Cc1cnn(-c2ccccc2)c1-c1ccccc1)N1CCNC[C@H]1Cc1ccccc1. The highest BCUT2D eigenvalue weighted by Gasteiger charge is 2.28. The Labute approximate surface area is 206 Å². The number of halogens is 1. The van der Waals surface area contributed by atoms with Gasteiger partial charge in [0.1, 0.15) is 0 Å². The number of benzene rings is 3. The van der Waals surface area contributed by atoms with Crippen LogP contribution < -0.4 is 5.32 Å². The maximum Gasteiger partial charge on any atom is 0.227 e. The molecule has 0 radical (unpaired) electrons. The zero-order valence-electron chi connectivity index (χ0n) is 19.0. The van der Waals surface area contributed by atoms with Crippen LogP contribution in [0.1, 0.15) is 11.1 Å². The van der Waals surface area contributed by atoms with Crippen molar-refractivity contribution in [2.45, 2.75) is 18.9 Å². The number of piperazine rings is 1. The predicted molar refractivity (Wildman–Crippen MR) is 138 cm³/mol. The van der Waals surface area contributed by atoms with Crippen LogP contribution in [0.25, 0.3) is 16.9 Å². The molecule has 0 aliphatic carbocycles. The summed E-state index contributed by atoms with van der Waals surface area (Å²) in [6, 6.07) is 30.9. The van der Waals surface area contributed by atoms with Crippen molar-refractivity contribution in [3.05, 3.63) is 108 Å². The molecule has 34 heavy (non-hydrogen) atoms. The first-order valence-corrected chi connectivity index (χ1v) is 11.5. The van der Waals surface area contributed by atoms with E-state index in [1.807, 2.05) is 65.5 Å². The van der Waals surface area contributed by atoms with Gasteiger partial charge in [0.15, 0.2) is 0 Å². The number of aromatic nitrogens is 2. The number of hydrogen-bond acceptors (Lipinski definition) is 3. The van der Waals surface area contributed by atoms with Crippen LogP contribution >= 0.6 is 12.4 Å². The number of nitrogens with one attached hydrogen (secondary N) is 1. The fraction of sp³-hybridized carbons (Fsp3) is 0.214. The van der Waals surface area contributed by atoms with Crippen molar-refractivity contribution in [3.63, 3.8) is 0 Å². The molecule has 5 rings (SSSR count). The van der Waals surface area contributed by atoms with E-state index in [-0.39, 0.29) is 24.4 Å². The molecule has 1 atom stereocenters. The second-order valence-corrected chi connectivity index (χ2v) is 8.44. The average molecular weight is 473 g/mol. The van der Waals surface area contributed by atoms with E-state index in [2.05, 4.69) is 51.7 Å². The third kappa shape index (κ3) is 5.22. The molecule has 3 aromatic carbocycles. The lowest BCUT2D eigenvalue weighted by Gasteiger charge is -2.36. The number of carbonyl (C=O) groups excluding carboxylic acids is 1. The summed E-state index contributed by atoms with van der Waals surface area (Å²) in [7, 11) is 0. The summed E-state index contributed by atoms with van der Waals surface area (Å²) in [6.45, 7) is 2.37. The molecule has 0 saturated carbocycles. The quantitative estimate of drug-likeness (QED) is 0.448. The fourth-order valence-electron chi connectivity index (χ4n) is 4.60. The molecular weight excluding hydrogens is 444 g/mol. The Morgan fingerprint density at radius 2 is 1.56 bits per heavy atom. The van der Waals surface area contributed by atoms with E-state index in [4.69, 9.17) is 0 Å². The Balaban J connectivity index is 0.00000274. The smallest absolute Gasteiger partial charge is 0.227 e. The minimum Gasteiger partial charge on any atom is -0.337 e. The summed E-state index contributed by atoms with van der Waals surface area (Å²) in [6.07, 6.45) is 3.04. The van der Waals surface area contributed by atoms with E-state index in [0.29, 0.717) is 6.42 Å². The molecule has 0 spiro atoms. The van der Waals surface area contributed by atoms with Crippen LogP contribution in [0.3, 0.4) is 0 Å². The fourth-order valence-corrected chi connectivity index (χ4v) is 4.60. The lowest BCUT2D eigenvalue weighted by molar-refractivity contribution is -0.133. The van der Waals surface area contributed by atoms with Gasteiger partial charge in [-0.05, 0) is 24.1 Å². The molecule has 2 heterocycles. The molecule has 174 valence electrons. The van der Waals surface area contributed by atoms with Crippen LogP contribution in [-0.4, -0.2) is 46.3 Å². The number of amides is 1. The van der Waals surface area contributed by atoms with Gasteiger partial charge in [-0.15, -0.1) is 12.4 Å². The third-order valence-electron chi connectivity index (χ3n) is 6.22. The minimum absolute atomic E-state index is 0. The highest BCUT2D eigenvalue weighted by atomic mass is 35.5. The molecule has 1 aliphatic rings. The van der Waals surface area contributed by atoms with Crippen LogP contribution in [0.15, 0.2) is 97.2 Å². The Morgan fingerprint density at radius 1 is 0.912 bits per heavy atom. The zero-order chi connectivity index (χ0) is 22.5. The molecular formula is C28H29ClN4O. The van der Waals surface area contributed by atoms with Crippen molar-refractivity contribution in [3.8, 4) is 16.9 Å². The van der Waals surface area contributed by atoms with Crippen molar-refractivity contribution in [2.24, 2.45) is 0 Å². The van der Waals surface area contributed by atoms with Crippen molar-refractivity contribution in [2.75, 3.05) is 19.6 Å². The van der Waals surface area contributed by atoms with Crippen LogP contribution in [0.5, 0.6) is 0 Å². The summed E-state index contributed by atoms with van der Waals surface area (Å²) in [5.41, 5.74) is 5.23. The van der Waals surface area contributed by atoms with Crippen LogP contribution in [0.4, 0.5) is 0 Å². The molecule has 1 aliphatic heterocycles. The van der Waals surface area contributed by atoms with Gasteiger partial charge in [-0.2, -0.15) is 5.10 Å². The second kappa shape index (κ2) is 11.1. The van der Waals surface area contributed by atoms with Gasteiger partial charge >= 0.3 is 0 Å². The van der Waals surface area contributed by atoms with Gasteiger partial charge in [-0.3, -0.25) is 4.79 Å². The van der Waals surface area contributed by atoms with E-state index in [0.717, 1.165) is 48.6 Å². The van der Waals surface area contributed by atoms with E-state index in [1.165, 1.54) is 5.56 Å². The molecule has 6 heteroatoms. The molecule has 4 aromatic rings. The van der Waals surface area contributed by atoms with Crippen LogP contribution in [0.2, 0.25) is 0 Å². The van der Waals surface area contributed by atoms with Gasteiger partial charge in [0.05, 0.1) is 24.0 Å². The number of para-hydroxylation sites is 1. The van der Waals surface area contributed by atoms with E-state index >= 15 is 0 Å². The van der Waals surface area contributed by atoms with Gasteiger partial charge in [0.25, 0.3) is 0 Å². The Morgan fingerprint density at radius 3 is 2.26 bits per heavy atom. The lowest BCUT2D eigenvalue weighted by Crippen LogP contribution is -2.54. The Hall–Kier alpha value is -3.41. The molecule has 5 nitrogen and oxygen atoms in total. The maximum absolute atomic E-state index is 13.6. The van der Waals surface area contributed by atoms with Gasteiger partial charge in [-0.1, -0.05) is 78.9 Å². The van der Waals surface area contributed by atoms with Gasteiger partial charge in [0, 0.05) is 36.8 Å². The Bertz CT molecular complexity index is 1200. The highest BCUT2D eigenvalue weighted by Crippen LogP contribution is 2.27. The van der Waals surface area contributed by atoms with Crippen LogP contribution in [0, 0.1) is 0 Å². The number of nitrogens with zero attached hydrogens (tertiary/aromatic N) is 3. The van der Waals surface area contributed by atoms with Crippen molar-refractivity contribution in [1.29, 1.82) is 0 Å². The standard InChI is InChI=1S/C28H28N4O.ClH/c33-27(31-17-16-29-21-26(31)18-22-10-4-1-5-11-22)19-24-20-30-32(25-14-8-3-9-15-25)28(24)23-12-6-2-7-13-23;/h1-15,20,26,29H,16-19,21H2;1H/t26-;/m1./s1. The zero-order valence-corrected chi connectivity index (χ0v) is 19.8. The van der Waals surface area contributed by atoms with Crippen molar-refractivity contribution >= 4 is 18.3 Å². The third-order valence-corrected chi connectivity index (χ3v) is 6.22. The number of rotatable bonds is 6. The normalized spacial score (nSPS) is 15.5. The first-order valence-electron chi connectivity index (χ1n) is 11.5. The topological polar surface area (TPSA) is 50.2 Å². The second-order valence-electron chi connectivity index (χ2n) is 8.44. The molecule has 1 N–H and O–H groups in total. The molecule has 1 amide bonds. The molecule has 1 fully saturated rings. The van der Waals surface area contributed by atoms with E-state index in [1.54, 1.807) is 0 Å². The molecule has 0 unspecified atom stereocenters. The first kappa shape index (κ1) is 23.7. The molecule has 0 bridgehead atoms. The van der Waals surface area contributed by atoms with Crippen LogP contribution in [-0.2, 0) is 17.6 Å². The maximum atomic E-state index is 13.6. The van der Waals surface area contributed by atoms with Gasteiger partial charge in [-0.25, -0.2) is 4.68 Å². The summed E-state index contributed by atoms with van der Waals surface area (Å²) in [5.74, 6) is 0.155. The van der Waals surface area contributed by atoms with Gasteiger partial charge < -0.3 is 10.2 Å². The molecule has 1 aromatic heterocycles. The number of hydrogen-bond donors (Lipinski definition) is 1. The van der Waals surface area contributed by atoms with Crippen molar-refractivity contribution in [1.82, 2.24) is 20.0 Å². The van der Waals surface area contributed by atoms with E-state index < -0.39 is 0 Å². The first-order chi connectivity index (χ1) is 16.3. The summed E-state index contributed by atoms with van der Waals surface area (Å²) < 4.78 is 1.94. The monoisotopic (exact) mass is 472 g/mol. The molecule has 1 saturated heterocycles. The average Bonchev–Trinajstić information content (AvgIpc) is 3.29. The van der Waals surface area contributed by atoms with E-state index in [9.17, 15) is 4.79 Å². The largest absolute Gasteiger partial charge is 0.337 e. The van der Waals surface area contributed by atoms with Crippen molar-refractivity contribution < 1.29 is 4.79 Å². The van der Waals surface area contributed by atoms with Gasteiger partial charge in [0.2, 0.25) is 5.91 Å². The predicted octanol–water partition coefficient (Wildman–Crippen LogP) is 4.55. The highest BCUT2D eigenvalue weighted by molar-refractivity contribution is 5.85. The lowest BCUT2D eigenvalue weighted by atomic mass is 10.0. The Kier molecular flexibility index (Phi) is 7.78. The summed E-state index contributed by atoms with van der Waals surface area (Å²) in [5, 5.41) is 8.14. The summed E-state index contributed by atoms with van der Waals surface area (Å²) >= 11 is 0.